The lowest BCUT2D eigenvalue weighted by Gasteiger charge is -2.33. The average Bonchev–Trinajstić information content (AvgIpc) is 2.81. The summed E-state index contributed by atoms with van der Waals surface area (Å²) < 4.78 is 0. The summed E-state index contributed by atoms with van der Waals surface area (Å²) in [4.78, 5) is 65.8. The van der Waals surface area contributed by atoms with Crippen LogP contribution in [0, 0.1) is 0 Å². The maximum absolute atomic E-state index is 12.3. The maximum atomic E-state index is 12.3. The van der Waals surface area contributed by atoms with Gasteiger partial charge in [0.2, 0.25) is 12.4 Å². The van der Waals surface area contributed by atoms with E-state index < -0.39 is 29.4 Å². The third-order valence-corrected chi connectivity index (χ3v) is 5.39. The first-order chi connectivity index (χ1) is 16.7. The van der Waals surface area contributed by atoms with Gasteiger partial charge in [0.15, 0.2) is 11.5 Å². The Morgan fingerprint density at radius 2 is 1.97 bits per heavy atom. The fraction of sp³-hybridized carbons (Fsp3) is 0.333. The zero-order valence-corrected chi connectivity index (χ0v) is 18.5. The number of carbonyl (C=O) groups excluding carboxylic acids is 2. The van der Waals surface area contributed by atoms with Crippen LogP contribution in [0.1, 0.15) is 29.6 Å². The highest BCUT2D eigenvalue weighted by atomic mass is 16.4. The molecule has 14 nitrogen and oxygen atoms in total. The molecule has 0 saturated heterocycles. The van der Waals surface area contributed by atoms with Gasteiger partial charge in [-0.2, -0.15) is 4.98 Å². The molecule has 1 aliphatic rings. The molecule has 186 valence electrons. The maximum Gasteiger partial charge on any atom is 0.326 e. The molecule has 0 bridgehead atoms. The van der Waals surface area contributed by atoms with Gasteiger partial charge in [-0.15, -0.1) is 0 Å². The Morgan fingerprint density at radius 3 is 2.60 bits per heavy atom. The largest absolute Gasteiger partial charge is 0.481 e. The molecule has 0 spiro atoms. The van der Waals surface area contributed by atoms with Crippen molar-refractivity contribution in [3.63, 3.8) is 0 Å². The van der Waals surface area contributed by atoms with Crippen molar-refractivity contribution in [3.05, 3.63) is 40.2 Å². The molecule has 1 aromatic heterocycles. The molecule has 0 radical (unpaired) electrons. The molecular formula is C21H25N7O7. The van der Waals surface area contributed by atoms with Crippen LogP contribution in [-0.4, -0.2) is 69.6 Å². The normalized spacial score (nSPS) is 15.3. The highest BCUT2D eigenvalue weighted by Crippen LogP contribution is 2.26. The summed E-state index contributed by atoms with van der Waals surface area (Å²) in [6.45, 7) is 0.809. The van der Waals surface area contributed by atoms with Crippen molar-refractivity contribution in [1.29, 1.82) is 0 Å². The van der Waals surface area contributed by atoms with E-state index in [2.05, 4.69) is 25.9 Å². The number of nitrogens with two attached hydrogens (primary N) is 1. The molecule has 0 unspecified atom stereocenters. The quantitative estimate of drug-likeness (QED) is 0.203. The minimum absolute atomic E-state index is 0.0527. The van der Waals surface area contributed by atoms with Gasteiger partial charge in [0.05, 0.1) is 6.04 Å². The molecule has 8 N–H and O–H groups in total. The van der Waals surface area contributed by atoms with Crippen molar-refractivity contribution in [2.45, 2.75) is 31.3 Å². The zero-order chi connectivity index (χ0) is 25.5. The first-order valence-corrected chi connectivity index (χ1v) is 10.7. The molecule has 0 aliphatic carbocycles. The number of benzene rings is 1. The van der Waals surface area contributed by atoms with Crippen molar-refractivity contribution in [3.8, 4) is 0 Å². The topological polar surface area (TPSA) is 220 Å². The van der Waals surface area contributed by atoms with Crippen LogP contribution >= 0.6 is 0 Å². The predicted molar refractivity (Wildman–Crippen MR) is 125 cm³/mol. The molecule has 1 aromatic carbocycles. The molecule has 0 fully saturated rings. The minimum atomic E-state index is -1.32. The first-order valence-electron chi connectivity index (χ1n) is 10.7. The fourth-order valence-electron chi connectivity index (χ4n) is 3.61. The number of anilines is 4. The van der Waals surface area contributed by atoms with E-state index in [-0.39, 0.29) is 41.9 Å². The molecular weight excluding hydrogens is 462 g/mol. The summed E-state index contributed by atoms with van der Waals surface area (Å²) in [6.07, 6.45) is 0.444. The number of nitrogen functional groups attached to an aromatic ring is 1. The molecule has 3 rings (SSSR count). The first kappa shape index (κ1) is 25.0. The van der Waals surface area contributed by atoms with Gasteiger partial charge in [-0.1, -0.05) is 0 Å². The van der Waals surface area contributed by atoms with Gasteiger partial charge >= 0.3 is 11.9 Å². The summed E-state index contributed by atoms with van der Waals surface area (Å²) in [7, 11) is 0. The number of carbonyl (C=O) groups is 4. The molecule has 2 atom stereocenters. The van der Waals surface area contributed by atoms with E-state index in [4.69, 9.17) is 10.8 Å². The van der Waals surface area contributed by atoms with E-state index in [9.17, 15) is 29.1 Å². The van der Waals surface area contributed by atoms with Crippen molar-refractivity contribution in [2.24, 2.45) is 0 Å². The number of carboxylic acids is 2. The number of hydrogen-bond acceptors (Lipinski definition) is 9. The van der Waals surface area contributed by atoms with Crippen LogP contribution in [0.5, 0.6) is 0 Å². The minimum Gasteiger partial charge on any atom is -0.481 e. The molecule has 2 amide bonds. The van der Waals surface area contributed by atoms with E-state index in [1.165, 1.54) is 17.0 Å². The second kappa shape index (κ2) is 11.0. The van der Waals surface area contributed by atoms with Crippen LogP contribution in [0.15, 0.2) is 29.1 Å². The SMILES string of the molecule is Nc1nc2c(c(=O)[nH]1)N(C=O)[C@@H](CCNc1ccc(C(=O)N[C@H](CCC(=O)O)C(=O)O)cc1)CN2. The van der Waals surface area contributed by atoms with Crippen molar-refractivity contribution in [2.75, 3.05) is 34.4 Å². The third kappa shape index (κ3) is 6.25. The second-order valence-corrected chi connectivity index (χ2v) is 7.79. The summed E-state index contributed by atoms with van der Waals surface area (Å²) in [5.41, 5.74) is 6.01. The second-order valence-electron chi connectivity index (χ2n) is 7.79. The summed E-state index contributed by atoms with van der Waals surface area (Å²) in [5, 5.41) is 26.4. The lowest BCUT2D eigenvalue weighted by molar-refractivity contribution is -0.140. The van der Waals surface area contributed by atoms with Gasteiger partial charge in [0.1, 0.15) is 6.04 Å². The van der Waals surface area contributed by atoms with Crippen LogP contribution in [0.25, 0.3) is 0 Å². The van der Waals surface area contributed by atoms with E-state index in [1.807, 2.05) is 0 Å². The smallest absolute Gasteiger partial charge is 0.326 e. The standard InChI is InChI=1S/C21H25N7O7/c22-21-26-17-16(19(33)27-21)28(10-29)13(9-24-17)7-8-23-12-3-1-11(2-4-12)18(32)25-14(20(34)35)5-6-15(30)31/h1-4,10,13-14,23H,5-9H2,(H,25,32)(H,30,31)(H,34,35)(H4,22,24,26,27,33)/t13-,14+/m0/s1. The number of fused-ring (bicyclic) bond motifs is 1. The van der Waals surface area contributed by atoms with Crippen LogP contribution in [-0.2, 0) is 14.4 Å². The number of amides is 2. The number of aromatic nitrogens is 2. The van der Waals surface area contributed by atoms with Crippen molar-refractivity contribution >= 4 is 47.4 Å². The number of nitrogens with zero attached hydrogens (tertiary/aromatic N) is 2. The third-order valence-electron chi connectivity index (χ3n) is 5.39. The molecule has 2 aromatic rings. The molecule has 1 aliphatic heterocycles. The molecule has 35 heavy (non-hydrogen) atoms. The molecule has 0 saturated carbocycles. The van der Waals surface area contributed by atoms with Gasteiger partial charge in [-0.3, -0.25) is 24.2 Å². The molecule has 14 heteroatoms. The molecule has 2 heterocycles. The highest BCUT2D eigenvalue weighted by molar-refractivity contribution is 5.97. The Kier molecular flexibility index (Phi) is 7.86. The van der Waals surface area contributed by atoms with Crippen LogP contribution in [0.2, 0.25) is 0 Å². The number of H-pyrrole nitrogens is 1. The zero-order valence-electron chi connectivity index (χ0n) is 18.5. The van der Waals surface area contributed by atoms with E-state index >= 15 is 0 Å². The number of carboxylic acid groups (broad SMARTS) is 2. The highest BCUT2D eigenvalue weighted by Gasteiger charge is 2.29. The van der Waals surface area contributed by atoms with Crippen LogP contribution in [0.3, 0.4) is 0 Å². The van der Waals surface area contributed by atoms with Gasteiger partial charge in [0, 0.05) is 30.8 Å². The van der Waals surface area contributed by atoms with E-state index in [1.54, 1.807) is 12.1 Å². The van der Waals surface area contributed by atoms with E-state index in [0.717, 1.165) is 0 Å². The monoisotopic (exact) mass is 487 g/mol. The van der Waals surface area contributed by atoms with Gasteiger partial charge in [0.25, 0.3) is 11.5 Å². The lowest BCUT2D eigenvalue weighted by atomic mass is 10.1. The van der Waals surface area contributed by atoms with E-state index in [0.29, 0.717) is 31.6 Å². The number of nitrogens with one attached hydrogen (secondary N) is 4. The number of hydrogen-bond donors (Lipinski definition) is 7. The van der Waals surface area contributed by atoms with Gasteiger partial charge in [-0.05, 0) is 37.1 Å². The van der Waals surface area contributed by atoms with Crippen LogP contribution in [0.4, 0.5) is 23.1 Å². The number of rotatable bonds is 11. The Balaban J connectivity index is 1.55. The van der Waals surface area contributed by atoms with Crippen molar-refractivity contribution < 1.29 is 29.4 Å². The van der Waals surface area contributed by atoms with Gasteiger partial charge in [-0.25, -0.2) is 4.79 Å². The van der Waals surface area contributed by atoms with Crippen molar-refractivity contribution in [1.82, 2.24) is 15.3 Å². The summed E-state index contributed by atoms with van der Waals surface area (Å²) in [5.74, 6) is -2.92. The summed E-state index contributed by atoms with van der Waals surface area (Å²) >= 11 is 0. The fourth-order valence-corrected chi connectivity index (χ4v) is 3.61. The Morgan fingerprint density at radius 1 is 1.26 bits per heavy atom. The average molecular weight is 487 g/mol. The lowest BCUT2D eigenvalue weighted by Crippen LogP contribution is -2.47. The number of aliphatic carboxylic acids is 2. The Bertz CT molecular complexity index is 1170. The van der Waals surface area contributed by atoms with Crippen LogP contribution < -0.4 is 32.1 Å². The Hall–Kier alpha value is -4.62. The summed E-state index contributed by atoms with van der Waals surface area (Å²) in [6, 6.07) is 4.63. The van der Waals surface area contributed by atoms with Gasteiger partial charge < -0.3 is 36.8 Å². The Labute approximate surface area is 198 Å². The number of aromatic amines is 1. The predicted octanol–water partition coefficient (Wildman–Crippen LogP) is -0.341.